The van der Waals surface area contributed by atoms with Crippen LogP contribution in [0.5, 0.6) is 0 Å². The van der Waals surface area contributed by atoms with Gasteiger partial charge in [-0.05, 0) is 6.92 Å². The van der Waals surface area contributed by atoms with E-state index in [0.29, 0.717) is 6.61 Å². The number of carboxylic acid groups (broad SMARTS) is 1. The van der Waals surface area contributed by atoms with Crippen LogP contribution in [0, 0.1) is 0 Å². The van der Waals surface area contributed by atoms with E-state index >= 15 is 0 Å². The zero-order chi connectivity index (χ0) is 7.78. The van der Waals surface area contributed by atoms with Crippen LogP contribution in [0.25, 0.3) is 0 Å². The van der Waals surface area contributed by atoms with Crippen LogP contribution in [0.15, 0.2) is 0 Å². The minimum Gasteiger partial charge on any atom is -1.00 e. The first-order chi connectivity index (χ1) is 4.54. The van der Waals surface area contributed by atoms with Gasteiger partial charge >= 0.3 is 29.0 Å². The van der Waals surface area contributed by atoms with Gasteiger partial charge in [0.25, 0.3) is 5.79 Å². The molecule has 0 spiro atoms. The van der Waals surface area contributed by atoms with Gasteiger partial charge in [-0.1, -0.05) is 0 Å². The molecule has 4 nitrogen and oxygen atoms in total. The SMILES string of the molecule is CC1COC(C)(C(=O)O)O1.F.[H-].[H-].[Mg+2]. The van der Waals surface area contributed by atoms with Crippen molar-refractivity contribution in [2.75, 3.05) is 6.61 Å². The monoisotopic (exact) mass is 192 g/mol. The molecule has 1 aliphatic rings. The van der Waals surface area contributed by atoms with Crippen LogP contribution < -0.4 is 0 Å². The molecule has 1 heterocycles. The molecule has 0 amide bonds. The van der Waals surface area contributed by atoms with Crippen LogP contribution in [-0.4, -0.2) is 52.6 Å². The number of carbonyl (C=O) groups is 1. The first-order valence-corrected chi connectivity index (χ1v) is 3.10. The van der Waals surface area contributed by atoms with Crippen LogP contribution in [0.1, 0.15) is 16.7 Å². The molecule has 2 unspecified atom stereocenters. The Morgan fingerprint density at radius 3 is 2.42 bits per heavy atom. The number of rotatable bonds is 1. The molecule has 0 aromatic rings. The average Bonchev–Trinajstić information content (AvgIpc) is 2.13. The maximum Gasteiger partial charge on any atom is 2.00 e. The van der Waals surface area contributed by atoms with Gasteiger partial charge in [-0.15, -0.1) is 0 Å². The summed E-state index contributed by atoms with van der Waals surface area (Å²) in [6.45, 7) is 3.52. The summed E-state index contributed by atoms with van der Waals surface area (Å²) in [5.41, 5.74) is 0. The molecule has 2 atom stereocenters. The fraction of sp³-hybridized carbons (Fsp3) is 0.833. The second kappa shape index (κ2) is 4.96. The number of hydrogen-bond acceptors (Lipinski definition) is 3. The third-order valence-corrected chi connectivity index (χ3v) is 1.41. The Balaban J connectivity index is -0.000000125. The zero-order valence-electron chi connectivity index (χ0n) is 9.07. The minimum atomic E-state index is -1.42. The Labute approximate surface area is 88.7 Å². The first-order valence-electron chi connectivity index (χ1n) is 3.10. The molecule has 1 aliphatic heterocycles. The quantitative estimate of drug-likeness (QED) is 0.604. The molecule has 0 aliphatic carbocycles. The Morgan fingerprint density at radius 1 is 1.75 bits per heavy atom. The molecule has 1 saturated heterocycles. The number of ether oxygens (including phenoxy) is 2. The van der Waals surface area contributed by atoms with Crippen molar-refractivity contribution in [1.82, 2.24) is 0 Å². The van der Waals surface area contributed by atoms with Gasteiger partial charge in [0.05, 0.1) is 12.7 Å². The fourth-order valence-electron chi connectivity index (χ4n) is 0.840. The van der Waals surface area contributed by atoms with E-state index in [1.54, 1.807) is 6.92 Å². The maximum atomic E-state index is 10.4. The summed E-state index contributed by atoms with van der Waals surface area (Å²) in [5.74, 6) is -2.49. The van der Waals surface area contributed by atoms with Gasteiger partial charge in [0.1, 0.15) is 0 Å². The molecule has 12 heavy (non-hydrogen) atoms. The number of carboxylic acids is 1. The van der Waals surface area contributed by atoms with E-state index in [4.69, 9.17) is 14.6 Å². The third kappa shape index (κ3) is 2.85. The van der Waals surface area contributed by atoms with Gasteiger partial charge in [0.2, 0.25) is 0 Å². The van der Waals surface area contributed by atoms with Crippen molar-refractivity contribution < 1.29 is 26.9 Å². The Morgan fingerprint density at radius 2 is 2.25 bits per heavy atom. The van der Waals surface area contributed by atoms with Gasteiger partial charge in [0.15, 0.2) is 0 Å². The number of hydrogen-bond donors (Lipinski definition) is 1. The first kappa shape index (κ1) is 14.6. The summed E-state index contributed by atoms with van der Waals surface area (Å²) in [6, 6.07) is 0. The molecule has 6 heteroatoms. The minimum absolute atomic E-state index is 0. The smallest absolute Gasteiger partial charge is 1.00 e. The molecule has 1 rings (SSSR count). The Bertz CT molecular complexity index is 174. The molecule has 0 saturated carbocycles. The van der Waals surface area contributed by atoms with E-state index in [9.17, 15) is 4.79 Å². The zero-order valence-corrected chi connectivity index (χ0v) is 8.49. The van der Waals surface area contributed by atoms with Gasteiger partial charge in [-0.25, -0.2) is 4.79 Å². The van der Waals surface area contributed by atoms with Crippen molar-refractivity contribution in [2.45, 2.75) is 25.7 Å². The number of halogens is 1. The van der Waals surface area contributed by atoms with Crippen molar-refractivity contribution in [3.8, 4) is 0 Å². The van der Waals surface area contributed by atoms with Crippen molar-refractivity contribution in [3.63, 3.8) is 0 Å². The van der Waals surface area contributed by atoms with E-state index in [-0.39, 0.29) is 36.7 Å². The van der Waals surface area contributed by atoms with Gasteiger partial charge < -0.3 is 17.4 Å². The van der Waals surface area contributed by atoms with Crippen molar-refractivity contribution >= 4 is 29.0 Å². The predicted molar refractivity (Wildman–Crippen MR) is 43.0 cm³/mol. The van der Waals surface area contributed by atoms with E-state index < -0.39 is 11.8 Å². The molecule has 0 bridgehead atoms. The normalized spacial score (nSPS) is 33.3. The molecular weight excluding hydrogens is 179 g/mol. The molecule has 1 N–H and O–H groups in total. The van der Waals surface area contributed by atoms with Gasteiger partial charge in [-0.3, -0.25) is 4.70 Å². The standard InChI is InChI=1S/C6H10O4.FH.Mg.2H/c1-4-3-9-6(2,10-4)5(7)8;;;;/h4H,3H2,1-2H3,(H,7,8);1H;;;/q;;+2;2*-1. The summed E-state index contributed by atoms with van der Waals surface area (Å²) < 4.78 is 9.88. The van der Waals surface area contributed by atoms with Crippen molar-refractivity contribution in [1.29, 1.82) is 0 Å². The molecule has 70 valence electrons. The van der Waals surface area contributed by atoms with Crippen LogP contribution in [0.3, 0.4) is 0 Å². The topological polar surface area (TPSA) is 55.8 Å². The van der Waals surface area contributed by atoms with E-state index in [2.05, 4.69) is 0 Å². The van der Waals surface area contributed by atoms with E-state index in [1.165, 1.54) is 6.92 Å². The van der Waals surface area contributed by atoms with Crippen molar-refractivity contribution in [3.05, 3.63) is 0 Å². The van der Waals surface area contributed by atoms with Gasteiger partial charge in [-0.2, -0.15) is 0 Å². The summed E-state index contributed by atoms with van der Waals surface area (Å²) in [6.07, 6.45) is -0.124. The number of aliphatic carboxylic acids is 1. The van der Waals surface area contributed by atoms with Gasteiger partial charge in [0, 0.05) is 6.92 Å². The Hall–Kier alpha value is 0.0862. The Kier molecular flexibility index (Phi) is 6.03. The summed E-state index contributed by atoms with van der Waals surface area (Å²) >= 11 is 0. The second-order valence-corrected chi connectivity index (χ2v) is 2.49. The molecular formula is C6H13FMgO4. The fourth-order valence-corrected chi connectivity index (χ4v) is 0.840. The second-order valence-electron chi connectivity index (χ2n) is 2.49. The third-order valence-electron chi connectivity index (χ3n) is 1.41. The molecule has 1 fully saturated rings. The predicted octanol–water partition coefficient (Wildman–Crippen LogP) is 0.219. The van der Waals surface area contributed by atoms with Crippen LogP contribution >= 0.6 is 0 Å². The van der Waals surface area contributed by atoms with Crippen LogP contribution in [0.2, 0.25) is 0 Å². The van der Waals surface area contributed by atoms with Crippen LogP contribution in [0.4, 0.5) is 4.70 Å². The van der Waals surface area contributed by atoms with E-state index in [0.717, 1.165) is 0 Å². The summed E-state index contributed by atoms with van der Waals surface area (Å²) in [7, 11) is 0. The average molecular weight is 192 g/mol. The van der Waals surface area contributed by atoms with Crippen LogP contribution in [-0.2, 0) is 14.3 Å². The largest absolute Gasteiger partial charge is 2.00 e. The summed E-state index contributed by atoms with van der Waals surface area (Å²) in [5, 5.41) is 8.54. The maximum absolute atomic E-state index is 10.4. The molecule has 0 aromatic carbocycles. The molecule has 0 aromatic heterocycles. The van der Waals surface area contributed by atoms with Crippen molar-refractivity contribution in [2.24, 2.45) is 0 Å². The molecule has 0 radical (unpaired) electrons. The van der Waals surface area contributed by atoms with E-state index in [1.807, 2.05) is 0 Å². The summed E-state index contributed by atoms with van der Waals surface area (Å²) in [4.78, 5) is 10.4.